The summed E-state index contributed by atoms with van der Waals surface area (Å²) < 4.78 is 5.38. The van der Waals surface area contributed by atoms with E-state index in [1.54, 1.807) is 6.26 Å². The number of hydrogen-bond donors (Lipinski definition) is 2. The molecule has 2 atom stereocenters. The van der Waals surface area contributed by atoms with E-state index in [0.717, 1.165) is 27.9 Å². The van der Waals surface area contributed by atoms with Gasteiger partial charge < -0.3 is 9.40 Å². The second kappa shape index (κ2) is 5.81. The van der Waals surface area contributed by atoms with Crippen molar-refractivity contribution < 1.29 is 9.21 Å². The van der Waals surface area contributed by atoms with Crippen LogP contribution >= 0.6 is 0 Å². The fraction of sp³-hybridized carbons (Fsp3) is 0.278. The van der Waals surface area contributed by atoms with Crippen molar-refractivity contribution in [2.75, 3.05) is 0 Å². The zero-order valence-electron chi connectivity index (χ0n) is 13.0. The zero-order valence-corrected chi connectivity index (χ0v) is 13.0. The van der Waals surface area contributed by atoms with E-state index < -0.39 is 0 Å². The summed E-state index contributed by atoms with van der Waals surface area (Å²) in [4.78, 5) is 16.1. The number of furan rings is 1. The predicted molar refractivity (Wildman–Crippen MR) is 87.1 cm³/mol. The van der Waals surface area contributed by atoms with Gasteiger partial charge in [0, 0.05) is 22.2 Å². The van der Waals surface area contributed by atoms with Gasteiger partial charge >= 0.3 is 0 Å². The molecule has 1 aromatic carbocycles. The van der Waals surface area contributed by atoms with E-state index in [2.05, 4.69) is 10.3 Å². The van der Waals surface area contributed by atoms with E-state index in [1.165, 1.54) is 0 Å². The number of benzene rings is 1. The van der Waals surface area contributed by atoms with Crippen LogP contribution in [0.4, 0.5) is 0 Å². The Bertz CT molecular complexity index is 787. The maximum atomic E-state index is 12.8. The largest absolute Gasteiger partial charge is 0.468 e. The van der Waals surface area contributed by atoms with Crippen molar-refractivity contribution >= 4 is 16.7 Å². The third-order valence-corrected chi connectivity index (χ3v) is 4.00. The number of nitrogens with one attached hydrogen (secondary N) is 2. The normalized spacial score (nSPS) is 14.1. The first-order chi connectivity index (χ1) is 10.6. The highest BCUT2D eigenvalue weighted by Crippen LogP contribution is 2.24. The van der Waals surface area contributed by atoms with Gasteiger partial charge in [-0.15, -0.1) is 0 Å². The Hall–Kier alpha value is -2.33. The van der Waals surface area contributed by atoms with Gasteiger partial charge in [-0.1, -0.05) is 18.2 Å². The van der Waals surface area contributed by atoms with Crippen LogP contribution in [0, 0.1) is 6.92 Å². The van der Waals surface area contributed by atoms with Gasteiger partial charge in [0.2, 0.25) is 0 Å². The maximum absolute atomic E-state index is 12.8. The highest BCUT2D eigenvalue weighted by atomic mass is 16.3. The van der Waals surface area contributed by atoms with Gasteiger partial charge in [0.25, 0.3) is 0 Å². The van der Waals surface area contributed by atoms with Crippen molar-refractivity contribution in [3.05, 3.63) is 59.7 Å². The Kier molecular flexibility index (Phi) is 3.86. The Balaban J connectivity index is 1.84. The van der Waals surface area contributed by atoms with Crippen molar-refractivity contribution in [2.24, 2.45) is 0 Å². The minimum atomic E-state index is -0.294. The topological polar surface area (TPSA) is 58.0 Å². The van der Waals surface area contributed by atoms with E-state index in [4.69, 9.17) is 4.42 Å². The standard InChI is InChI=1S/C18H20N2O2/c1-11(16-9-6-10-22-16)19-13(3)18(21)17-12(2)20-15-8-5-4-7-14(15)17/h4-11,13,19-20H,1-3H3/t11-,13+/m0/s1. The molecule has 0 aliphatic rings. The lowest BCUT2D eigenvalue weighted by Crippen LogP contribution is -2.36. The molecular weight excluding hydrogens is 276 g/mol. The van der Waals surface area contributed by atoms with Gasteiger partial charge in [0.05, 0.1) is 18.3 Å². The molecule has 2 aromatic heterocycles. The first-order valence-electron chi connectivity index (χ1n) is 7.49. The van der Waals surface area contributed by atoms with Gasteiger partial charge in [-0.2, -0.15) is 0 Å². The molecule has 4 heteroatoms. The monoisotopic (exact) mass is 296 g/mol. The van der Waals surface area contributed by atoms with Crippen molar-refractivity contribution in [1.29, 1.82) is 0 Å². The van der Waals surface area contributed by atoms with Crippen molar-refractivity contribution in [1.82, 2.24) is 10.3 Å². The third kappa shape index (κ3) is 2.57. The molecular formula is C18H20N2O2. The lowest BCUT2D eigenvalue weighted by molar-refractivity contribution is 0.0945. The highest BCUT2D eigenvalue weighted by Gasteiger charge is 2.23. The average Bonchev–Trinajstić information content (AvgIpc) is 3.13. The second-order valence-corrected chi connectivity index (χ2v) is 5.66. The predicted octanol–water partition coefficient (Wildman–Crippen LogP) is 3.99. The van der Waals surface area contributed by atoms with Gasteiger partial charge in [-0.25, -0.2) is 0 Å². The summed E-state index contributed by atoms with van der Waals surface area (Å²) in [5.74, 6) is 0.920. The first kappa shape index (κ1) is 14.6. The van der Waals surface area contributed by atoms with Crippen molar-refractivity contribution in [3.63, 3.8) is 0 Å². The summed E-state index contributed by atoms with van der Waals surface area (Å²) in [6, 6.07) is 11.3. The van der Waals surface area contributed by atoms with Crippen molar-refractivity contribution in [3.8, 4) is 0 Å². The van der Waals surface area contributed by atoms with Crippen LogP contribution in [0.1, 0.15) is 41.7 Å². The molecule has 0 radical (unpaired) electrons. The van der Waals surface area contributed by atoms with E-state index in [1.807, 2.05) is 57.2 Å². The summed E-state index contributed by atoms with van der Waals surface area (Å²) in [7, 11) is 0. The molecule has 2 heterocycles. The molecule has 0 fully saturated rings. The van der Waals surface area contributed by atoms with Crippen LogP contribution in [0.25, 0.3) is 10.9 Å². The molecule has 0 spiro atoms. The number of para-hydroxylation sites is 1. The minimum Gasteiger partial charge on any atom is -0.468 e. The van der Waals surface area contributed by atoms with Gasteiger partial charge in [-0.05, 0) is 39.0 Å². The smallest absolute Gasteiger partial charge is 0.181 e. The lowest BCUT2D eigenvalue weighted by atomic mass is 10.0. The van der Waals surface area contributed by atoms with Crippen LogP contribution in [-0.4, -0.2) is 16.8 Å². The number of Topliss-reactive ketones (excluding diaryl/α,β-unsaturated/α-hetero) is 1. The molecule has 0 saturated carbocycles. The fourth-order valence-corrected chi connectivity index (χ4v) is 2.88. The molecule has 114 valence electrons. The summed E-state index contributed by atoms with van der Waals surface area (Å²) in [6.07, 6.45) is 1.64. The molecule has 3 aromatic rings. The van der Waals surface area contributed by atoms with Gasteiger partial charge in [0.15, 0.2) is 5.78 Å². The Morgan fingerprint density at radius 3 is 2.68 bits per heavy atom. The number of H-pyrrole nitrogens is 1. The molecule has 0 aliphatic heterocycles. The molecule has 0 saturated heterocycles. The number of ketones is 1. The van der Waals surface area contributed by atoms with Crippen LogP contribution in [0.3, 0.4) is 0 Å². The number of rotatable bonds is 5. The number of carbonyl (C=O) groups excluding carboxylic acids is 1. The molecule has 3 rings (SSSR count). The SMILES string of the molecule is Cc1[nH]c2ccccc2c1C(=O)[C@@H](C)N[C@@H](C)c1ccco1. The maximum Gasteiger partial charge on any atom is 0.181 e. The molecule has 22 heavy (non-hydrogen) atoms. The minimum absolute atomic E-state index is 0.0144. The third-order valence-electron chi connectivity index (χ3n) is 4.00. The molecule has 0 bridgehead atoms. The fourth-order valence-electron chi connectivity index (χ4n) is 2.88. The number of aryl methyl sites for hydroxylation is 1. The summed E-state index contributed by atoms with van der Waals surface area (Å²) >= 11 is 0. The first-order valence-corrected chi connectivity index (χ1v) is 7.49. The van der Waals surface area contributed by atoms with Crippen LogP contribution in [0.15, 0.2) is 47.1 Å². The van der Waals surface area contributed by atoms with E-state index in [0.29, 0.717) is 0 Å². The van der Waals surface area contributed by atoms with Gasteiger partial charge in [0.1, 0.15) is 5.76 Å². The number of aromatic amines is 1. The van der Waals surface area contributed by atoms with Crippen LogP contribution in [-0.2, 0) is 0 Å². The molecule has 0 amide bonds. The highest BCUT2D eigenvalue weighted by molar-refractivity contribution is 6.11. The number of hydrogen-bond acceptors (Lipinski definition) is 3. The van der Waals surface area contributed by atoms with E-state index >= 15 is 0 Å². The quantitative estimate of drug-likeness (QED) is 0.700. The second-order valence-electron chi connectivity index (χ2n) is 5.66. The van der Waals surface area contributed by atoms with Crippen molar-refractivity contribution in [2.45, 2.75) is 32.9 Å². The Labute approximate surface area is 129 Å². The summed E-state index contributed by atoms with van der Waals surface area (Å²) in [5, 5.41) is 4.28. The molecule has 0 unspecified atom stereocenters. The zero-order chi connectivity index (χ0) is 15.7. The Morgan fingerprint density at radius 1 is 1.18 bits per heavy atom. The summed E-state index contributed by atoms with van der Waals surface area (Å²) in [5.41, 5.74) is 2.67. The molecule has 0 aliphatic carbocycles. The van der Waals surface area contributed by atoms with Gasteiger partial charge in [-0.3, -0.25) is 10.1 Å². The number of aromatic nitrogens is 1. The Morgan fingerprint density at radius 2 is 1.95 bits per heavy atom. The van der Waals surface area contributed by atoms with Crippen LogP contribution in [0.5, 0.6) is 0 Å². The van der Waals surface area contributed by atoms with E-state index in [9.17, 15) is 4.79 Å². The molecule has 2 N–H and O–H groups in total. The van der Waals surface area contributed by atoms with E-state index in [-0.39, 0.29) is 17.9 Å². The lowest BCUT2D eigenvalue weighted by Gasteiger charge is -2.17. The number of fused-ring (bicyclic) bond motifs is 1. The van der Waals surface area contributed by atoms with Crippen LogP contribution < -0.4 is 5.32 Å². The summed E-state index contributed by atoms with van der Waals surface area (Å²) in [6.45, 7) is 5.82. The molecule has 4 nitrogen and oxygen atoms in total. The number of carbonyl (C=O) groups is 1. The van der Waals surface area contributed by atoms with Crippen LogP contribution in [0.2, 0.25) is 0 Å². The average molecular weight is 296 g/mol.